The molecular formula is C8H14INO. The minimum Gasteiger partial charge on any atom is -1.00 e. The third kappa shape index (κ3) is 4.42. The zero-order chi connectivity index (χ0) is 7.61. The van der Waals surface area contributed by atoms with Gasteiger partial charge in [-0.1, -0.05) is 0 Å². The van der Waals surface area contributed by atoms with Crippen molar-refractivity contribution in [1.29, 1.82) is 0 Å². The molecule has 0 aliphatic carbocycles. The largest absolute Gasteiger partial charge is 1.00 e. The summed E-state index contributed by atoms with van der Waals surface area (Å²) >= 11 is 0. The van der Waals surface area contributed by atoms with Gasteiger partial charge in [0.2, 0.25) is 0 Å². The van der Waals surface area contributed by atoms with Gasteiger partial charge < -0.3 is 32.9 Å². The van der Waals surface area contributed by atoms with Crippen LogP contribution in [0.1, 0.15) is 5.56 Å². The minimum atomic E-state index is 0. The lowest BCUT2D eigenvalue weighted by molar-refractivity contribution is -0.884. The highest BCUT2D eigenvalue weighted by Gasteiger charge is 2.08. The van der Waals surface area contributed by atoms with Crippen molar-refractivity contribution in [3.8, 4) is 0 Å². The van der Waals surface area contributed by atoms with Crippen molar-refractivity contribution in [3.05, 3.63) is 24.2 Å². The number of rotatable bonds is 2. The van der Waals surface area contributed by atoms with Gasteiger partial charge in [-0.2, -0.15) is 0 Å². The van der Waals surface area contributed by atoms with Crippen LogP contribution in [0.15, 0.2) is 23.0 Å². The molecule has 0 fully saturated rings. The number of hydrogen-bond acceptors (Lipinski definition) is 1. The van der Waals surface area contributed by atoms with Crippen LogP contribution in [-0.2, 0) is 6.54 Å². The van der Waals surface area contributed by atoms with Crippen LogP contribution in [0.5, 0.6) is 0 Å². The van der Waals surface area contributed by atoms with E-state index in [0.717, 1.165) is 11.0 Å². The third-order valence-electron chi connectivity index (χ3n) is 1.24. The molecule has 11 heavy (non-hydrogen) atoms. The lowest BCUT2D eigenvalue weighted by atomic mass is 10.3. The number of halogens is 1. The molecule has 1 rings (SSSR count). The fourth-order valence-electron chi connectivity index (χ4n) is 0.930. The van der Waals surface area contributed by atoms with Crippen molar-refractivity contribution in [3.63, 3.8) is 0 Å². The molecular weight excluding hydrogens is 253 g/mol. The molecule has 0 saturated heterocycles. The Labute approximate surface area is 84.8 Å². The Morgan fingerprint density at radius 1 is 1.36 bits per heavy atom. The summed E-state index contributed by atoms with van der Waals surface area (Å²) in [5, 5.41) is 0. The summed E-state index contributed by atoms with van der Waals surface area (Å²) in [6, 6.07) is 2.00. The fourth-order valence-corrected chi connectivity index (χ4v) is 0.930. The highest BCUT2D eigenvalue weighted by atomic mass is 127. The first-order chi connectivity index (χ1) is 4.58. The van der Waals surface area contributed by atoms with Crippen molar-refractivity contribution in [2.75, 3.05) is 21.1 Å². The summed E-state index contributed by atoms with van der Waals surface area (Å²) in [7, 11) is 6.48. The molecule has 0 aromatic carbocycles. The predicted octanol–water partition coefficient (Wildman–Crippen LogP) is -1.51. The molecule has 0 aliphatic rings. The molecule has 1 heterocycles. The van der Waals surface area contributed by atoms with Crippen molar-refractivity contribution in [1.82, 2.24) is 0 Å². The van der Waals surface area contributed by atoms with Crippen LogP contribution >= 0.6 is 0 Å². The normalized spacial score (nSPS) is 10.8. The van der Waals surface area contributed by atoms with E-state index < -0.39 is 0 Å². The monoisotopic (exact) mass is 267 g/mol. The summed E-state index contributed by atoms with van der Waals surface area (Å²) in [6.07, 6.45) is 3.51. The summed E-state index contributed by atoms with van der Waals surface area (Å²) < 4.78 is 5.89. The van der Waals surface area contributed by atoms with Gasteiger partial charge in [0, 0.05) is 5.56 Å². The van der Waals surface area contributed by atoms with Gasteiger partial charge in [0.25, 0.3) is 0 Å². The lowest BCUT2D eigenvalue weighted by Crippen LogP contribution is -3.00. The number of nitrogens with zero attached hydrogens (tertiary/aromatic N) is 1. The summed E-state index contributed by atoms with van der Waals surface area (Å²) in [4.78, 5) is 0. The Balaban J connectivity index is 0.000001000. The maximum atomic E-state index is 4.95. The molecule has 0 saturated carbocycles. The molecule has 2 nitrogen and oxygen atoms in total. The van der Waals surface area contributed by atoms with Gasteiger partial charge in [-0.05, 0) is 6.07 Å². The van der Waals surface area contributed by atoms with Crippen molar-refractivity contribution in [2.24, 2.45) is 0 Å². The van der Waals surface area contributed by atoms with E-state index in [1.165, 1.54) is 5.56 Å². The minimum absolute atomic E-state index is 0. The van der Waals surface area contributed by atoms with Crippen molar-refractivity contribution < 1.29 is 32.9 Å². The van der Waals surface area contributed by atoms with E-state index in [2.05, 4.69) is 21.1 Å². The molecule has 0 aliphatic heterocycles. The second-order valence-corrected chi connectivity index (χ2v) is 3.58. The summed E-state index contributed by atoms with van der Waals surface area (Å²) in [5.41, 5.74) is 1.26. The zero-order valence-corrected chi connectivity index (χ0v) is 9.33. The van der Waals surface area contributed by atoms with Crippen LogP contribution in [0.2, 0.25) is 0 Å². The SMILES string of the molecule is C[N+](C)(C)Cc1ccoc1.[I-]. The highest BCUT2D eigenvalue weighted by molar-refractivity contribution is 5.02. The number of hydrogen-bond donors (Lipinski definition) is 0. The summed E-state index contributed by atoms with van der Waals surface area (Å²) in [6.45, 7) is 1.02. The second-order valence-electron chi connectivity index (χ2n) is 3.58. The van der Waals surface area contributed by atoms with E-state index in [1.807, 2.05) is 6.07 Å². The summed E-state index contributed by atoms with van der Waals surface area (Å²) in [5.74, 6) is 0. The van der Waals surface area contributed by atoms with Gasteiger partial charge in [0.15, 0.2) is 0 Å². The second kappa shape index (κ2) is 4.11. The standard InChI is InChI=1S/C8H14NO.HI/c1-9(2,3)6-8-4-5-10-7-8;/h4-5,7H,6H2,1-3H3;1H/q+1;/p-1. The lowest BCUT2D eigenvalue weighted by Gasteiger charge is -2.22. The fraction of sp³-hybridized carbons (Fsp3) is 0.500. The molecule has 0 radical (unpaired) electrons. The van der Waals surface area contributed by atoms with Crippen LogP contribution < -0.4 is 24.0 Å². The molecule has 3 heteroatoms. The molecule has 0 atom stereocenters. The van der Waals surface area contributed by atoms with Crippen LogP contribution in [0.4, 0.5) is 0 Å². The first kappa shape index (κ1) is 11.0. The van der Waals surface area contributed by atoms with E-state index >= 15 is 0 Å². The van der Waals surface area contributed by atoms with Gasteiger partial charge in [-0.3, -0.25) is 0 Å². The number of quaternary nitrogens is 1. The molecule has 0 N–H and O–H groups in total. The van der Waals surface area contributed by atoms with E-state index in [1.54, 1.807) is 12.5 Å². The van der Waals surface area contributed by atoms with Crippen LogP contribution in [0, 0.1) is 0 Å². The smallest absolute Gasteiger partial charge is 0.107 e. The molecule has 0 bridgehead atoms. The highest BCUT2D eigenvalue weighted by Crippen LogP contribution is 2.06. The van der Waals surface area contributed by atoms with Crippen LogP contribution in [0.3, 0.4) is 0 Å². The van der Waals surface area contributed by atoms with Crippen molar-refractivity contribution >= 4 is 0 Å². The molecule has 1 aromatic rings. The maximum Gasteiger partial charge on any atom is 0.107 e. The van der Waals surface area contributed by atoms with E-state index in [9.17, 15) is 0 Å². The quantitative estimate of drug-likeness (QED) is 0.469. The van der Waals surface area contributed by atoms with E-state index in [0.29, 0.717) is 0 Å². The van der Waals surface area contributed by atoms with E-state index in [4.69, 9.17) is 4.42 Å². The molecule has 0 spiro atoms. The van der Waals surface area contributed by atoms with Gasteiger partial charge in [-0.25, -0.2) is 0 Å². The molecule has 1 aromatic heterocycles. The molecule has 64 valence electrons. The average molecular weight is 267 g/mol. The molecule has 0 amide bonds. The predicted molar refractivity (Wildman–Crippen MR) is 40.4 cm³/mol. The average Bonchev–Trinajstić information content (AvgIpc) is 2.12. The first-order valence-electron chi connectivity index (χ1n) is 3.39. The van der Waals surface area contributed by atoms with Gasteiger partial charge in [-0.15, -0.1) is 0 Å². The first-order valence-corrected chi connectivity index (χ1v) is 3.39. The van der Waals surface area contributed by atoms with Crippen LogP contribution in [-0.4, -0.2) is 25.6 Å². The van der Waals surface area contributed by atoms with Crippen LogP contribution in [0.25, 0.3) is 0 Å². The van der Waals surface area contributed by atoms with Gasteiger partial charge >= 0.3 is 0 Å². The molecule has 0 unspecified atom stereocenters. The van der Waals surface area contributed by atoms with Gasteiger partial charge in [0.05, 0.1) is 33.7 Å². The Kier molecular flexibility index (Phi) is 4.10. The number of furan rings is 1. The third-order valence-corrected chi connectivity index (χ3v) is 1.24. The Morgan fingerprint density at radius 2 is 2.00 bits per heavy atom. The maximum absolute atomic E-state index is 4.95. The van der Waals surface area contributed by atoms with Gasteiger partial charge in [0.1, 0.15) is 6.54 Å². The topological polar surface area (TPSA) is 13.1 Å². The zero-order valence-electron chi connectivity index (χ0n) is 7.17. The Hall–Kier alpha value is -0.0300. The van der Waals surface area contributed by atoms with Crippen molar-refractivity contribution in [2.45, 2.75) is 6.54 Å². The van der Waals surface area contributed by atoms with E-state index in [-0.39, 0.29) is 24.0 Å². The Bertz CT molecular complexity index is 188. The Morgan fingerprint density at radius 3 is 2.36 bits per heavy atom.